The molecule has 0 unspecified atom stereocenters. The van der Waals surface area contributed by atoms with Gasteiger partial charge in [-0.1, -0.05) is 13.8 Å². The molecule has 0 bridgehead atoms. The van der Waals surface area contributed by atoms with E-state index >= 15 is 0 Å². The van der Waals surface area contributed by atoms with E-state index < -0.39 is 17.4 Å². The van der Waals surface area contributed by atoms with Crippen molar-refractivity contribution in [1.29, 1.82) is 0 Å². The monoisotopic (exact) mass is 287 g/mol. The maximum Gasteiger partial charge on any atom is 0.325 e. The standard InChI is InChI=1S/C14H25NO5/c1-6-20-12(17)9-15(8-10(2)3)11(16)7-14(4,5)13(18)19/h10H,6-9H2,1-5H3,(H,18,19). The van der Waals surface area contributed by atoms with Crippen LogP contribution in [-0.4, -0.2) is 47.5 Å². The lowest BCUT2D eigenvalue weighted by atomic mass is 9.89. The highest BCUT2D eigenvalue weighted by atomic mass is 16.5. The van der Waals surface area contributed by atoms with Gasteiger partial charge in [-0.2, -0.15) is 0 Å². The topological polar surface area (TPSA) is 83.9 Å². The third-order valence-corrected chi connectivity index (χ3v) is 2.74. The molecule has 0 aromatic carbocycles. The number of carbonyl (C=O) groups is 3. The Morgan fingerprint density at radius 3 is 2.20 bits per heavy atom. The van der Waals surface area contributed by atoms with Gasteiger partial charge in [0, 0.05) is 13.0 Å². The van der Waals surface area contributed by atoms with E-state index in [2.05, 4.69) is 0 Å². The second kappa shape index (κ2) is 7.87. The Bertz CT molecular complexity index is 363. The number of carboxylic acid groups (broad SMARTS) is 1. The fourth-order valence-electron chi connectivity index (χ4n) is 1.62. The van der Waals surface area contributed by atoms with Gasteiger partial charge >= 0.3 is 11.9 Å². The lowest BCUT2D eigenvalue weighted by Gasteiger charge is -2.27. The Hall–Kier alpha value is -1.59. The molecule has 0 saturated heterocycles. The van der Waals surface area contributed by atoms with Gasteiger partial charge in [0.15, 0.2) is 0 Å². The minimum atomic E-state index is -1.15. The number of esters is 1. The number of nitrogens with zero attached hydrogens (tertiary/aromatic N) is 1. The lowest BCUT2D eigenvalue weighted by molar-refractivity contribution is -0.154. The highest BCUT2D eigenvalue weighted by molar-refractivity contribution is 5.86. The van der Waals surface area contributed by atoms with Crippen LogP contribution < -0.4 is 0 Å². The van der Waals surface area contributed by atoms with Crippen molar-refractivity contribution in [3.8, 4) is 0 Å². The third-order valence-electron chi connectivity index (χ3n) is 2.74. The highest BCUT2D eigenvalue weighted by Crippen LogP contribution is 2.22. The molecule has 1 amide bonds. The van der Waals surface area contributed by atoms with E-state index in [9.17, 15) is 14.4 Å². The van der Waals surface area contributed by atoms with Gasteiger partial charge < -0.3 is 14.7 Å². The molecule has 6 nitrogen and oxygen atoms in total. The summed E-state index contributed by atoms with van der Waals surface area (Å²) in [4.78, 5) is 36.1. The van der Waals surface area contributed by atoms with Crippen LogP contribution in [0.3, 0.4) is 0 Å². The molecule has 0 heterocycles. The van der Waals surface area contributed by atoms with Crippen LogP contribution in [0.15, 0.2) is 0 Å². The zero-order valence-electron chi connectivity index (χ0n) is 12.9. The zero-order valence-corrected chi connectivity index (χ0v) is 12.9. The first-order valence-corrected chi connectivity index (χ1v) is 6.77. The molecular weight excluding hydrogens is 262 g/mol. The van der Waals surface area contributed by atoms with E-state index in [4.69, 9.17) is 9.84 Å². The van der Waals surface area contributed by atoms with Gasteiger partial charge in [-0.25, -0.2) is 0 Å². The average molecular weight is 287 g/mol. The van der Waals surface area contributed by atoms with Crippen molar-refractivity contribution in [2.75, 3.05) is 19.7 Å². The Kier molecular flexibility index (Phi) is 7.24. The maximum atomic E-state index is 12.2. The summed E-state index contributed by atoms with van der Waals surface area (Å²) in [7, 11) is 0. The van der Waals surface area contributed by atoms with Gasteiger partial charge in [-0.05, 0) is 26.7 Å². The van der Waals surface area contributed by atoms with Crippen LogP contribution >= 0.6 is 0 Å². The first-order valence-electron chi connectivity index (χ1n) is 6.77. The average Bonchev–Trinajstić information content (AvgIpc) is 2.26. The predicted octanol–water partition coefficient (Wildman–Crippen LogP) is 1.54. The van der Waals surface area contributed by atoms with E-state index in [-0.39, 0.29) is 31.4 Å². The molecule has 0 rings (SSSR count). The molecule has 0 spiro atoms. The van der Waals surface area contributed by atoms with Crippen LogP contribution in [0.1, 0.15) is 41.0 Å². The van der Waals surface area contributed by atoms with Gasteiger partial charge in [0.25, 0.3) is 0 Å². The Morgan fingerprint density at radius 2 is 1.80 bits per heavy atom. The number of carboxylic acids is 1. The van der Waals surface area contributed by atoms with E-state index in [1.165, 1.54) is 18.7 Å². The van der Waals surface area contributed by atoms with Crippen LogP contribution in [0.5, 0.6) is 0 Å². The van der Waals surface area contributed by atoms with Crippen LogP contribution in [0.25, 0.3) is 0 Å². The number of ether oxygens (including phenoxy) is 1. The van der Waals surface area contributed by atoms with Gasteiger partial charge in [0.2, 0.25) is 5.91 Å². The normalized spacial score (nSPS) is 11.3. The van der Waals surface area contributed by atoms with E-state index in [1.807, 2.05) is 13.8 Å². The van der Waals surface area contributed by atoms with Gasteiger partial charge in [-0.3, -0.25) is 14.4 Å². The smallest absolute Gasteiger partial charge is 0.325 e. The number of amides is 1. The van der Waals surface area contributed by atoms with Crippen molar-refractivity contribution in [2.45, 2.75) is 41.0 Å². The largest absolute Gasteiger partial charge is 0.481 e. The number of rotatable bonds is 8. The van der Waals surface area contributed by atoms with Crippen LogP contribution in [-0.2, 0) is 19.1 Å². The molecule has 0 aliphatic heterocycles. The summed E-state index contributed by atoms with van der Waals surface area (Å²) in [5, 5.41) is 9.06. The molecule has 0 aromatic rings. The van der Waals surface area contributed by atoms with Crippen LogP contribution in [0.4, 0.5) is 0 Å². The van der Waals surface area contributed by atoms with Crippen molar-refractivity contribution in [1.82, 2.24) is 4.90 Å². The number of carbonyl (C=O) groups excluding carboxylic acids is 2. The summed E-state index contributed by atoms with van der Waals surface area (Å²) >= 11 is 0. The maximum absolute atomic E-state index is 12.2. The highest BCUT2D eigenvalue weighted by Gasteiger charge is 2.32. The van der Waals surface area contributed by atoms with E-state index in [0.29, 0.717) is 6.54 Å². The molecule has 6 heteroatoms. The minimum absolute atomic E-state index is 0.138. The molecule has 0 radical (unpaired) electrons. The van der Waals surface area contributed by atoms with Gasteiger partial charge in [0.05, 0.1) is 12.0 Å². The molecule has 0 saturated carbocycles. The molecule has 0 fully saturated rings. The summed E-state index contributed by atoms with van der Waals surface area (Å²) in [6.07, 6.45) is -0.144. The third kappa shape index (κ3) is 6.54. The minimum Gasteiger partial charge on any atom is -0.481 e. The van der Waals surface area contributed by atoms with Gasteiger partial charge in [0.1, 0.15) is 6.54 Å². The Labute approximate surface area is 120 Å². The van der Waals surface area contributed by atoms with E-state index in [1.54, 1.807) is 6.92 Å². The number of aliphatic carboxylic acids is 1. The summed E-state index contributed by atoms with van der Waals surface area (Å²) in [6.45, 7) is 9.04. The summed E-state index contributed by atoms with van der Waals surface area (Å²) in [5.74, 6) is -1.68. The molecule has 0 aromatic heterocycles. The zero-order chi connectivity index (χ0) is 15.9. The van der Waals surface area contributed by atoms with Gasteiger partial charge in [-0.15, -0.1) is 0 Å². The van der Waals surface area contributed by atoms with Crippen molar-refractivity contribution >= 4 is 17.8 Å². The fraction of sp³-hybridized carbons (Fsp3) is 0.786. The molecule has 1 N–H and O–H groups in total. The number of hydrogen-bond acceptors (Lipinski definition) is 4. The SMILES string of the molecule is CCOC(=O)CN(CC(C)C)C(=O)CC(C)(C)C(=O)O. The molecular formula is C14H25NO5. The van der Waals surface area contributed by atoms with Crippen molar-refractivity contribution in [3.05, 3.63) is 0 Å². The second-order valence-corrected chi connectivity index (χ2v) is 5.84. The second-order valence-electron chi connectivity index (χ2n) is 5.84. The first-order chi connectivity index (χ1) is 9.10. The molecule has 20 heavy (non-hydrogen) atoms. The summed E-state index contributed by atoms with van der Waals surface area (Å²) < 4.78 is 4.83. The summed E-state index contributed by atoms with van der Waals surface area (Å²) in [5.41, 5.74) is -1.15. The Balaban J connectivity index is 4.81. The number of hydrogen-bond donors (Lipinski definition) is 1. The van der Waals surface area contributed by atoms with Crippen molar-refractivity contribution in [2.24, 2.45) is 11.3 Å². The molecule has 0 atom stereocenters. The predicted molar refractivity (Wildman–Crippen MR) is 74.1 cm³/mol. The van der Waals surface area contributed by atoms with Crippen LogP contribution in [0.2, 0.25) is 0 Å². The van der Waals surface area contributed by atoms with Crippen molar-refractivity contribution in [3.63, 3.8) is 0 Å². The Morgan fingerprint density at radius 1 is 1.25 bits per heavy atom. The molecule has 0 aliphatic rings. The van der Waals surface area contributed by atoms with Crippen LogP contribution in [0, 0.1) is 11.3 Å². The quantitative estimate of drug-likeness (QED) is 0.684. The summed E-state index contributed by atoms with van der Waals surface area (Å²) in [6, 6.07) is 0. The first kappa shape index (κ1) is 18.4. The lowest BCUT2D eigenvalue weighted by Crippen LogP contribution is -2.42. The van der Waals surface area contributed by atoms with Crippen molar-refractivity contribution < 1.29 is 24.2 Å². The fourth-order valence-corrected chi connectivity index (χ4v) is 1.62. The van der Waals surface area contributed by atoms with E-state index in [0.717, 1.165) is 0 Å². The molecule has 0 aliphatic carbocycles. The molecule has 116 valence electrons.